The van der Waals surface area contributed by atoms with E-state index in [0.717, 1.165) is 57.2 Å². The molecule has 5 rings (SSSR count). The number of fused-ring (bicyclic) bond motifs is 1. The first kappa shape index (κ1) is 18.3. The molecule has 0 radical (unpaired) electrons. The van der Waals surface area contributed by atoms with Crippen molar-refractivity contribution in [2.24, 2.45) is 0 Å². The Balaban J connectivity index is 1.37. The molecule has 0 amide bonds. The normalized spacial score (nSPS) is 15.9. The fourth-order valence-electron chi connectivity index (χ4n) is 4.19. The van der Waals surface area contributed by atoms with Gasteiger partial charge in [-0.05, 0) is 71.8 Å². The smallest absolute Gasteiger partial charge is 0.231 e. The van der Waals surface area contributed by atoms with Crippen LogP contribution in [0.4, 0.5) is 0 Å². The van der Waals surface area contributed by atoms with E-state index < -0.39 is 0 Å². The summed E-state index contributed by atoms with van der Waals surface area (Å²) in [5, 5.41) is 0.729. The van der Waals surface area contributed by atoms with E-state index in [2.05, 4.69) is 25.1 Å². The maximum absolute atomic E-state index is 13.2. The summed E-state index contributed by atoms with van der Waals surface area (Å²) in [7, 11) is 0. The van der Waals surface area contributed by atoms with Crippen molar-refractivity contribution in [3.05, 3.63) is 82.4 Å². The van der Waals surface area contributed by atoms with Gasteiger partial charge in [0, 0.05) is 11.4 Å². The van der Waals surface area contributed by atoms with Crippen molar-refractivity contribution in [2.45, 2.75) is 31.6 Å². The standard InChI is InChI=1S/C25H21ClO3/c1-16-12-17(2-8-21(16)18-3-6-20(26)7-4-18)13-24(27)25(10-11-25)19-5-9-22-23(14-19)29-15-28-22/h2-9,12,14H,10-11,13,15H2,1H3. The molecule has 0 unspecified atom stereocenters. The highest BCUT2D eigenvalue weighted by Crippen LogP contribution is 2.51. The number of halogens is 1. The molecular weight excluding hydrogens is 384 g/mol. The average molecular weight is 405 g/mol. The summed E-state index contributed by atoms with van der Waals surface area (Å²) < 4.78 is 10.9. The number of hydrogen-bond donors (Lipinski definition) is 0. The Morgan fingerprint density at radius 3 is 2.45 bits per heavy atom. The summed E-state index contributed by atoms with van der Waals surface area (Å²) in [5.74, 6) is 1.77. The second kappa shape index (κ2) is 6.93. The van der Waals surface area contributed by atoms with Crippen LogP contribution in [-0.4, -0.2) is 12.6 Å². The van der Waals surface area contributed by atoms with Crippen molar-refractivity contribution in [1.29, 1.82) is 0 Å². The molecule has 0 bridgehead atoms. The van der Waals surface area contributed by atoms with Gasteiger partial charge in [-0.25, -0.2) is 0 Å². The molecule has 0 saturated heterocycles. The molecule has 3 aromatic carbocycles. The number of aryl methyl sites for hydroxylation is 1. The number of hydrogen-bond acceptors (Lipinski definition) is 3. The van der Waals surface area contributed by atoms with E-state index in [4.69, 9.17) is 21.1 Å². The zero-order chi connectivity index (χ0) is 20.0. The van der Waals surface area contributed by atoms with Gasteiger partial charge >= 0.3 is 0 Å². The van der Waals surface area contributed by atoms with Crippen LogP contribution in [0, 0.1) is 6.92 Å². The van der Waals surface area contributed by atoms with Crippen LogP contribution in [-0.2, 0) is 16.6 Å². The van der Waals surface area contributed by atoms with E-state index in [1.165, 1.54) is 0 Å². The highest BCUT2D eigenvalue weighted by molar-refractivity contribution is 6.30. The Kier molecular flexibility index (Phi) is 4.36. The molecule has 3 nitrogen and oxygen atoms in total. The molecule has 0 aromatic heterocycles. The highest BCUT2D eigenvalue weighted by atomic mass is 35.5. The molecule has 0 N–H and O–H groups in total. The molecule has 146 valence electrons. The number of Topliss-reactive ketones (excluding diaryl/α,β-unsaturated/α-hetero) is 1. The van der Waals surface area contributed by atoms with E-state index in [1.807, 2.05) is 42.5 Å². The van der Waals surface area contributed by atoms with Gasteiger partial charge < -0.3 is 9.47 Å². The van der Waals surface area contributed by atoms with Crippen molar-refractivity contribution in [3.8, 4) is 22.6 Å². The summed E-state index contributed by atoms with van der Waals surface area (Å²) in [6.07, 6.45) is 2.23. The van der Waals surface area contributed by atoms with Crippen molar-refractivity contribution >= 4 is 17.4 Å². The molecule has 29 heavy (non-hydrogen) atoms. The van der Waals surface area contributed by atoms with Gasteiger partial charge in [-0.15, -0.1) is 0 Å². The number of carbonyl (C=O) groups excluding carboxylic acids is 1. The molecule has 3 aromatic rings. The molecular formula is C25H21ClO3. The Labute approximate surface area is 175 Å². The van der Waals surface area contributed by atoms with Crippen molar-refractivity contribution in [3.63, 3.8) is 0 Å². The molecule has 1 heterocycles. The predicted molar refractivity (Wildman–Crippen MR) is 114 cm³/mol. The van der Waals surface area contributed by atoms with Crippen LogP contribution in [0.5, 0.6) is 11.5 Å². The second-order valence-electron chi connectivity index (χ2n) is 7.91. The van der Waals surface area contributed by atoms with Gasteiger partial charge in [-0.1, -0.05) is 48.0 Å². The number of carbonyl (C=O) groups is 1. The van der Waals surface area contributed by atoms with E-state index >= 15 is 0 Å². The molecule has 0 atom stereocenters. The van der Waals surface area contributed by atoms with E-state index in [-0.39, 0.29) is 18.0 Å². The average Bonchev–Trinajstić information content (AvgIpc) is 3.40. The van der Waals surface area contributed by atoms with E-state index in [1.54, 1.807) is 0 Å². The third-order valence-corrected chi connectivity index (χ3v) is 6.27. The fourth-order valence-corrected chi connectivity index (χ4v) is 4.32. The van der Waals surface area contributed by atoms with E-state index in [9.17, 15) is 4.79 Å². The van der Waals surface area contributed by atoms with Gasteiger partial charge in [0.25, 0.3) is 0 Å². The van der Waals surface area contributed by atoms with Gasteiger partial charge in [0.15, 0.2) is 11.5 Å². The first-order valence-corrected chi connectivity index (χ1v) is 10.2. The summed E-state index contributed by atoms with van der Waals surface area (Å²) in [6, 6.07) is 20.0. The summed E-state index contributed by atoms with van der Waals surface area (Å²) in [5.41, 5.74) is 5.17. The van der Waals surface area contributed by atoms with Crippen LogP contribution in [0.15, 0.2) is 60.7 Å². The van der Waals surface area contributed by atoms with Crippen LogP contribution in [0.25, 0.3) is 11.1 Å². The lowest BCUT2D eigenvalue weighted by Crippen LogP contribution is -2.22. The van der Waals surface area contributed by atoms with Crippen LogP contribution in [0.3, 0.4) is 0 Å². The zero-order valence-electron chi connectivity index (χ0n) is 16.2. The lowest BCUT2D eigenvalue weighted by atomic mass is 9.87. The minimum atomic E-state index is -0.371. The predicted octanol–water partition coefficient (Wildman–Crippen LogP) is 5.89. The van der Waals surface area contributed by atoms with Crippen LogP contribution in [0.2, 0.25) is 5.02 Å². The Hall–Kier alpha value is -2.78. The third-order valence-electron chi connectivity index (χ3n) is 6.02. The quantitative estimate of drug-likeness (QED) is 0.532. The Morgan fingerprint density at radius 1 is 0.966 bits per heavy atom. The lowest BCUT2D eigenvalue weighted by Gasteiger charge is -2.16. The third kappa shape index (κ3) is 3.30. The molecule has 4 heteroatoms. The van der Waals surface area contributed by atoms with Crippen LogP contribution >= 0.6 is 11.6 Å². The maximum Gasteiger partial charge on any atom is 0.231 e. The number of ketones is 1. The van der Waals surface area contributed by atoms with Crippen LogP contribution in [0.1, 0.15) is 29.5 Å². The monoisotopic (exact) mass is 404 g/mol. The van der Waals surface area contributed by atoms with E-state index in [0.29, 0.717) is 6.42 Å². The van der Waals surface area contributed by atoms with Gasteiger partial charge in [0.2, 0.25) is 6.79 Å². The Bertz CT molecular complexity index is 1100. The minimum absolute atomic E-state index is 0.249. The lowest BCUT2D eigenvalue weighted by molar-refractivity contribution is -0.120. The number of benzene rings is 3. The molecule has 2 aliphatic rings. The van der Waals surface area contributed by atoms with Crippen molar-refractivity contribution in [2.75, 3.05) is 6.79 Å². The fraction of sp³-hybridized carbons (Fsp3) is 0.240. The maximum atomic E-state index is 13.2. The molecule has 1 saturated carbocycles. The first-order valence-electron chi connectivity index (χ1n) is 9.84. The Morgan fingerprint density at radius 2 is 1.72 bits per heavy atom. The molecule has 0 spiro atoms. The topological polar surface area (TPSA) is 35.5 Å². The highest BCUT2D eigenvalue weighted by Gasteiger charge is 2.50. The van der Waals surface area contributed by atoms with Crippen molar-refractivity contribution in [1.82, 2.24) is 0 Å². The van der Waals surface area contributed by atoms with Gasteiger partial charge in [-0.3, -0.25) is 4.79 Å². The van der Waals surface area contributed by atoms with Gasteiger partial charge in [0.1, 0.15) is 5.78 Å². The summed E-state index contributed by atoms with van der Waals surface area (Å²) in [4.78, 5) is 13.2. The SMILES string of the molecule is Cc1cc(CC(=O)C2(c3ccc4c(c3)OCO4)CC2)ccc1-c1ccc(Cl)cc1. The van der Waals surface area contributed by atoms with Crippen molar-refractivity contribution < 1.29 is 14.3 Å². The molecule has 1 fully saturated rings. The number of ether oxygens (including phenoxy) is 2. The number of rotatable bonds is 5. The second-order valence-corrected chi connectivity index (χ2v) is 8.34. The van der Waals surface area contributed by atoms with Crippen LogP contribution < -0.4 is 9.47 Å². The summed E-state index contributed by atoms with van der Waals surface area (Å²) in [6.45, 7) is 2.33. The zero-order valence-corrected chi connectivity index (χ0v) is 17.0. The largest absolute Gasteiger partial charge is 0.454 e. The molecule has 1 aliphatic heterocycles. The first-order chi connectivity index (χ1) is 14.0. The summed E-state index contributed by atoms with van der Waals surface area (Å²) >= 11 is 6.00. The molecule has 1 aliphatic carbocycles. The van der Waals surface area contributed by atoms with Gasteiger partial charge in [-0.2, -0.15) is 0 Å². The van der Waals surface area contributed by atoms with Gasteiger partial charge in [0.05, 0.1) is 5.41 Å². The minimum Gasteiger partial charge on any atom is -0.454 e.